The average molecular weight is 502 g/mol. The van der Waals surface area contributed by atoms with Gasteiger partial charge >= 0.3 is 7.47 Å². The van der Waals surface area contributed by atoms with E-state index >= 15 is 0 Å². The van der Waals surface area contributed by atoms with Crippen LogP contribution in [0.25, 0.3) is 6.08 Å². The molecule has 0 saturated carbocycles. The van der Waals surface area contributed by atoms with Crippen LogP contribution in [0.2, 0.25) is 20.1 Å². The molecule has 1 aliphatic carbocycles. The van der Waals surface area contributed by atoms with Crippen molar-refractivity contribution in [3.63, 3.8) is 0 Å². The van der Waals surface area contributed by atoms with Gasteiger partial charge in [0.2, 0.25) is 0 Å². The molecule has 2 aromatic rings. The molecular formula is C22H15BCl4F2O2. The minimum atomic E-state index is -3.09. The zero-order valence-corrected chi connectivity index (χ0v) is 19.2. The number of halogens is 6. The zero-order chi connectivity index (χ0) is 22.7. The third-order valence-corrected chi connectivity index (χ3v) is 5.87. The largest absolute Gasteiger partial charge is 0.796 e. The van der Waals surface area contributed by atoms with Gasteiger partial charge in [0.25, 0.3) is 0 Å². The average Bonchev–Trinajstić information content (AvgIpc) is 2.66. The molecule has 1 unspecified atom stereocenters. The fourth-order valence-corrected chi connectivity index (χ4v) is 4.44. The van der Waals surface area contributed by atoms with Gasteiger partial charge in [-0.25, -0.2) is 8.63 Å². The van der Waals surface area contributed by atoms with Gasteiger partial charge in [-0.2, -0.15) is 0 Å². The molecule has 0 bridgehead atoms. The summed E-state index contributed by atoms with van der Waals surface area (Å²) < 4.78 is 30.9. The number of carbonyl (C=O) groups excluding carboxylic acids is 1. The molecule has 2 nitrogen and oxygen atoms in total. The summed E-state index contributed by atoms with van der Waals surface area (Å²) in [5, 5.41) is 1.70. The highest BCUT2D eigenvalue weighted by Gasteiger charge is 2.32. The Morgan fingerprint density at radius 3 is 2.26 bits per heavy atom. The fraction of sp³-hybridized carbons (Fsp3) is 0.136. The molecule has 160 valence electrons. The van der Waals surface area contributed by atoms with Crippen molar-refractivity contribution in [2.75, 3.05) is 0 Å². The highest BCUT2D eigenvalue weighted by Crippen LogP contribution is 2.42. The maximum absolute atomic E-state index is 13.1. The van der Waals surface area contributed by atoms with Crippen molar-refractivity contribution in [1.29, 1.82) is 0 Å². The highest BCUT2D eigenvalue weighted by molar-refractivity contribution is 6.36. The SMILES string of the molecule is CC(=O)C1=C(OB(F)F)C=C(/C=C/c2ccc(Cl)cc2Cl)CC1c1ccc(Cl)cc1Cl. The summed E-state index contributed by atoms with van der Waals surface area (Å²) in [5.41, 5.74) is 2.08. The summed E-state index contributed by atoms with van der Waals surface area (Å²) >= 11 is 24.5. The summed E-state index contributed by atoms with van der Waals surface area (Å²) in [5.74, 6) is -1.15. The van der Waals surface area contributed by atoms with E-state index in [-0.39, 0.29) is 17.1 Å². The first-order chi connectivity index (χ1) is 14.7. The Bertz CT molecular complexity index is 1110. The monoisotopic (exact) mass is 500 g/mol. The lowest BCUT2D eigenvalue weighted by Gasteiger charge is -2.27. The Labute approximate surface area is 199 Å². The molecule has 0 fully saturated rings. The van der Waals surface area contributed by atoms with E-state index in [0.29, 0.717) is 43.2 Å². The van der Waals surface area contributed by atoms with Crippen LogP contribution in [0, 0.1) is 0 Å². The Balaban J connectivity index is 2.08. The van der Waals surface area contributed by atoms with E-state index in [9.17, 15) is 13.4 Å². The van der Waals surface area contributed by atoms with E-state index in [1.807, 2.05) is 0 Å². The smallest absolute Gasteiger partial charge is 0.505 e. The Morgan fingerprint density at radius 1 is 1.03 bits per heavy atom. The van der Waals surface area contributed by atoms with Crippen LogP contribution < -0.4 is 0 Å². The van der Waals surface area contributed by atoms with Crippen molar-refractivity contribution in [3.05, 3.63) is 96.7 Å². The van der Waals surface area contributed by atoms with Gasteiger partial charge < -0.3 is 4.65 Å². The normalized spacial score (nSPS) is 16.5. The molecule has 0 heterocycles. The first-order valence-corrected chi connectivity index (χ1v) is 10.7. The van der Waals surface area contributed by atoms with Crippen LogP contribution in [0.3, 0.4) is 0 Å². The number of hydrogen-bond acceptors (Lipinski definition) is 2. The molecule has 1 atom stereocenters. The van der Waals surface area contributed by atoms with E-state index in [2.05, 4.69) is 0 Å². The first kappa shape index (κ1) is 23.9. The molecule has 31 heavy (non-hydrogen) atoms. The summed E-state index contributed by atoms with van der Waals surface area (Å²) in [4.78, 5) is 12.4. The van der Waals surface area contributed by atoms with Gasteiger partial charge in [0.1, 0.15) is 5.76 Å². The summed E-state index contributed by atoms with van der Waals surface area (Å²) in [6.07, 6.45) is 5.25. The Morgan fingerprint density at radius 2 is 1.68 bits per heavy atom. The van der Waals surface area contributed by atoms with Gasteiger partial charge in [-0.05, 0) is 60.4 Å². The van der Waals surface area contributed by atoms with Crippen LogP contribution in [0.5, 0.6) is 0 Å². The number of carbonyl (C=O) groups is 1. The second-order valence-electron chi connectivity index (χ2n) is 6.85. The molecule has 0 N–H and O–H groups in total. The number of Topliss-reactive ketones (excluding diaryl/α,β-unsaturated/α-hetero) is 1. The molecule has 0 radical (unpaired) electrons. The number of benzene rings is 2. The second kappa shape index (κ2) is 10.2. The third-order valence-electron chi connectivity index (χ3n) is 4.74. The zero-order valence-electron chi connectivity index (χ0n) is 16.1. The highest BCUT2D eigenvalue weighted by atomic mass is 35.5. The predicted octanol–water partition coefficient (Wildman–Crippen LogP) is 8.21. The molecule has 0 saturated heterocycles. The number of rotatable bonds is 6. The minimum absolute atomic E-state index is 0.131. The fourth-order valence-electron chi connectivity index (χ4n) is 3.43. The number of hydrogen-bond donors (Lipinski definition) is 0. The lowest BCUT2D eigenvalue weighted by molar-refractivity contribution is -0.114. The van der Waals surface area contributed by atoms with Crippen LogP contribution in [0.1, 0.15) is 30.4 Å². The molecule has 3 rings (SSSR count). The van der Waals surface area contributed by atoms with Gasteiger partial charge in [0, 0.05) is 31.6 Å². The molecular weight excluding hydrogens is 487 g/mol. The predicted molar refractivity (Wildman–Crippen MR) is 124 cm³/mol. The van der Waals surface area contributed by atoms with Gasteiger partial charge in [-0.3, -0.25) is 4.79 Å². The van der Waals surface area contributed by atoms with Crippen LogP contribution in [0.4, 0.5) is 8.63 Å². The van der Waals surface area contributed by atoms with Gasteiger partial charge in [-0.15, -0.1) is 0 Å². The third kappa shape index (κ3) is 5.92. The van der Waals surface area contributed by atoms with Gasteiger partial charge in [0.15, 0.2) is 5.78 Å². The first-order valence-electron chi connectivity index (χ1n) is 9.14. The van der Waals surface area contributed by atoms with Gasteiger partial charge in [-0.1, -0.05) is 70.7 Å². The minimum Gasteiger partial charge on any atom is -0.505 e. The standard InChI is InChI=1S/C22H15BCl4F2O2/c1-12(30)22-18(17-7-6-16(25)11-20(17)27)8-13(9-21(22)31-23(28)29)2-3-14-4-5-15(24)10-19(14)26/h2-7,9-11,18H,8H2,1H3/b3-2+. The molecule has 1 aliphatic rings. The van der Waals surface area contributed by atoms with Crippen molar-refractivity contribution in [2.45, 2.75) is 19.3 Å². The topological polar surface area (TPSA) is 26.3 Å². The van der Waals surface area contributed by atoms with Crippen LogP contribution >= 0.6 is 46.4 Å². The maximum Gasteiger partial charge on any atom is 0.796 e. The van der Waals surface area contributed by atoms with Crippen molar-refractivity contribution in [3.8, 4) is 0 Å². The van der Waals surface area contributed by atoms with E-state index in [1.165, 1.54) is 13.0 Å². The quantitative estimate of drug-likeness (QED) is 0.373. The summed E-state index contributed by atoms with van der Waals surface area (Å²) in [6, 6.07) is 9.90. The molecule has 9 heteroatoms. The van der Waals surface area contributed by atoms with Crippen molar-refractivity contribution >= 4 is 65.7 Å². The van der Waals surface area contributed by atoms with E-state index in [0.717, 1.165) is 0 Å². The second-order valence-corrected chi connectivity index (χ2v) is 8.54. The molecule has 0 amide bonds. The van der Waals surface area contributed by atoms with E-state index < -0.39 is 13.4 Å². The van der Waals surface area contributed by atoms with Crippen molar-refractivity contribution < 1.29 is 18.1 Å². The van der Waals surface area contributed by atoms with Crippen LogP contribution in [0.15, 0.2) is 65.5 Å². The molecule has 0 aliphatic heterocycles. The van der Waals surface area contributed by atoms with E-state index in [1.54, 1.807) is 48.6 Å². The van der Waals surface area contributed by atoms with Crippen molar-refractivity contribution in [1.82, 2.24) is 0 Å². The van der Waals surface area contributed by atoms with Crippen molar-refractivity contribution in [2.24, 2.45) is 0 Å². The van der Waals surface area contributed by atoms with Gasteiger partial charge in [0.05, 0.1) is 0 Å². The molecule has 0 spiro atoms. The lowest BCUT2D eigenvalue weighted by atomic mass is 9.79. The Hall–Kier alpha value is -1.79. The summed E-state index contributed by atoms with van der Waals surface area (Å²) in [7, 11) is -3.09. The maximum atomic E-state index is 13.1. The summed E-state index contributed by atoms with van der Waals surface area (Å²) in [6.45, 7) is 1.31. The molecule has 0 aromatic heterocycles. The number of allylic oxidation sites excluding steroid dienone is 4. The van der Waals surface area contributed by atoms with E-state index in [4.69, 9.17) is 51.1 Å². The number of ketones is 1. The lowest BCUT2D eigenvalue weighted by Crippen LogP contribution is -2.19. The van der Waals surface area contributed by atoms with Crippen LogP contribution in [-0.4, -0.2) is 13.3 Å². The molecule has 2 aromatic carbocycles. The van der Waals surface area contributed by atoms with Crippen LogP contribution in [-0.2, 0) is 9.45 Å². The Kier molecular flexibility index (Phi) is 7.87.